The summed E-state index contributed by atoms with van der Waals surface area (Å²) in [7, 11) is 1.64. The molecule has 1 saturated heterocycles. The number of urea groups is 1. The minimum Gasteiger partial charge on any atom is -0.477 e. The zero-order chi connectivity index (χ0) is 32.6. The zero-order valence-corrected chi connectivity index (χ0v) is 26.3. The Kier molecular flexibility index (Phi) is 8.97. The SMILES string of the molecule is CC(C)Nc1ncc(N(C(N)=O)C(C(=O)N[C@@H]2C(=O)N3C(C(=O)O)=C(CSc4nnnn4C)CS[C@@H]23)c2csc(N)n2)c(=O)[nH]1. The molecule has 8 N–H and O–H groups in total. The van der Waals surface area contributed by atoms with Gasteiger partial charge in [-0.05, 0) is 29.8 Å². The topological polar surface area (TPSA) is 273 Å². The van der Waals surface area contributed by atoms with Gasteiger partial charge in [-0.15, -0.1) is 28.2 Å². The van der Waals surface area contributed by atoms with Crippen molar-refractivity contribution >= 4 is 75.4 Å². The number of thiazole rings is 1. The summed E-state index contributed by atoms with van der Waals surface area (Å²) in [5, 5.41) is 27.9. The van der Waals surface area contributed by atoms with Gasteiger partial charge in [-0.2, -0.15) is 0 Å². The van der Waals surface area contributed by atoms with Crippen LogP contribution in [0.2, 0.25) is 0 Å². The van der Waals surface area contributed by atoms with E-state index in [9.17, 15) is 29.1 Å². The van der Waals surface area contributed by atoms with Crippen molar-refractivity contribution in [2.24, 2.45) is 12.8 Å². The molecule has 0 spiro atoms. The Labute approximate surface area is 266 Å². The molecule has 0 aliphatic carbocycles. The van der Waals surface area contributed by atoms with Crippen molar-refractivity contribution in [2.75, 3.05) is 27.5 Å². The number of hydrogen-bond acceptors (Lipinski definition) is 15. The van der Waals surface area contributed by atoms with Crippen LogP contribution in [0, 0.1) is 0 Å². The van der Waals surface area contributed by atoms with Crippen LogP contribution < -0.4 is 32.6 Å². The molecule has 0 bridgehead atoms. The molecule has 2 aliphatic rings. The number of nitrogens with two attached hydrogens (primary N) is 2. The van der Waals surface area contributed by atoms with Gasteiger partial charge in [0.1, 0.15) is 22.8 Å². The standard InChI is InChI=1S/C23H27N13O6S3/c1-8(2)27-22-26-4-11(15(37)30-22)35(21(25)42)14(10-7-44-20(24)28-10)16(38)29-12-17(39)36-13(19(40)41)9(5-43-18(12)36)6-45-23-31-32-33-34(23)3/h4,7-8,12,14,18H,5-6H2,1-3H3,(H2,24,28)(H2,25,42)(H,29,38)(H,40,41)(H2,26,27,30,37)/t12-,14?,18+/m1/s1. The first-order valence-electron chi connectivity index (χ1n) is 13.1. The molecule has 2 aliphatic heterocycles. The number of amides is 4. The number of aromatic nitrogens is 7. The number of nitrogens with one attached hydrogen (secondary N) is 3. The van der Waals surface area contributed by atoms with Gasteiger partial charge in [0.05, 0.1) is 11.9 Å². The Morgan fingerprint density at radius 2 is 2.07 bits per heavy atom. The predicted octanol–water partition coefficient (Wildman–Crippen LogP) is -0.690. The van der Waals surface area contributed by atoms with E-state index in [1.54, 1.807) is 7.05 Å². The van der Waals surface area contributed by atoms with Gasteiger partial charge in [0, 0.05) is 30.0 Å². The van der Waals surface area contributed by atoms with Crippen molar-refractivity contribution in [1.29, 1.82) is 0 Å². The third-order valence-electron chi connectivity index (χ3n) is 6.53. The molecule has 238 valence electrons. The maximum Gasteiger partial charge on any atom is 0.352 e. The molecule has 5 rings (SSSR count). The first kappa shape index (κ1) is 31.7. The highest BCUT2D eigenvalue weighted by atomic mass is 32.2. The molecule has 0 aromatic carbocycles. The molecular formula is C23H27N13O6S3. The Morgan fingerprint density at radius 1 is 1.31 bits per heavy atom. The average molecular weight is 678 g/mol. The number of aryl methyl sites for hydroxylation is 1. The maximum atomic E-state index is 13.9. The summed E-state index contributed by atoms with van der Waals surface area (Å²) >= 11 is 3.45. The fourth-order valence-electron chi connectivity index (χ4n) is 4.62. The molecular weight excluding hydrogens is 651 g/mol. The number of β-lactam (4-membered cyclic amide) rings is 1. The smallest absolute Gasteiger partial charge is 0.352 e. The quantitative estimate of drug-likeness (QED) is 0.108. The van der Waals surface area contributed by atoms with Gasteiger partial charge in [-0.1, -0.05) is 11.8 Å². The second-order valence-corrected chi connectivity index (χ2v) is 12.9. The third kappa shape index (κ3) is 6.28. The van der Waals surface area contributed by atoms with E-state index in [1.165, 1.54) is 33.6 Å². The number of aromatic amines is 1. The molecule has 3 atom stereocenters. The van der Waals surface area contributed by atoms with Gasteiger partial charge in [-0.25, -0.2) is 24.2 Å². The molecule has 19 nitrogen and oxygen atoms in total. The van der Waals surface area contributed by atoms with E-state index >= 15 is 0 Å². The molecule has 0 radical (unpaired) electrons. The summed E-state index contributed by atoms with van der Waals surface area (Å²) in [6, 6.07) is -4.03. The lowest BCUT2D eigenvalue weighted by atomic mass is 10.0. The summed E-state index contributed by atoms with van der Waals surface area (Å²) < 4.78 is 1.44. The number of aliphatic carboxylic acids is 1. The van der Waals surface area contributed by atoms with Crippen LogP contribution >= 0.6 is 34.9 Å². The summed E-state index contributed by atoms with van der Waals surface area (Å²) in [6.45, 7) is 3.66. The number of rotatable bonds is 11. The Hall–Kier alpha value is -4.70. The van der Waals surface area contributed by atoms with Crippen LogP contribution in [0.5, 0.6) is 0 Å². The van der Waals surface area contributed by atoms with E-state index in [-0.39, 0.29) is 45.7 Å². The number of hydrogen-bond donors (Lipinski definition) is 6. The van der Waals surface area contributed by atoms with Crippen molar-refractivity contribution < 1.29 is 24.3 Å². The molecule has 0 saturated carbocycles. The second-order valence-electron chi connectivity index (χ2n) is 9.99. The highest BCUT2D eigenvalue weighted by Crippen LogP contribution is 2.42. The number of tetrazole rings is 1. The fourth-order valence-corrected chi connectivity index (χ4v) is 7.54. The summed E-state index contributed by atoms with van der Waals surface area (Å²) in [6.07, 6.45) is 1.08. The lowest BCUT2D eigenvalue weighted by molar-refractivity contribution is -0.150. The predicted molar refractivity (Wildman–Crippen MR) is 164 cm³/mol. The van der Waals surface area contributed by atoms with E-state index in [2.05, 4.69) is 41.1 Å². The number of carbonyl (C=O) groups is 4. The van der Waals surface area contributed by atoms with E-state index < -0.39 is 46.8 Å². The third-order valence-corrected chi connectivity index (χ3v) is 9.66. The molecule has 3 aromatic heterocycles. The summed E-state index contributed by atoms with van der Waals surface area (Å²) in [4.78, 5) is 77.8. The number of nitrogen functional groups attached to an aromatic ring is 1. The molecule has 5 heterocycles. The maximum absolute atomic E-state index is 13.9. The number of anilines is 3. The van der Waals surface area contributed by atoms with Crippen molar-refractivity contribution in [3.05, 3.63) is 38.9 Å². The number of carbonyl (C=O) groups excluding carboxylic acids is 3. The van der Waals surface area contributed by atoms with Crippen LogP contribution in [-0.4, -0.2) is 97.9 Å². The number of primary amides is 1. The Balaban J connectivity index is 1.41. The highest BCUT2D eigenvalue weighted by molar-refractivity contribution is 8.01. The van der Waals surface area contributed by atoms with Gasteiger partial charge in [0.25, 0.3) is 11.5 Å². The van der Waals surface area contributed by atoms with E-state index in [4.69, 9.17) is 11.5 Å². The number of thioether (sulfide) groups is 2. The molecule has 3 aromatic rings. The zero-order valence-electron chi connectivity index (χ0n) is 23.8. The van der Waals surface area contributed by atoms with Crippen LogP contribution in [0.1, 0.15) is 25.6 Å². The molecule has 22 heteroatoms. The fraction of sp³-hybridized carbons (Fsp3) is 0.391. The monoisotopic (exact) mass is 677 g/mol. The number of carboxylic acid groups (broad SMARTS) is 1. The number of carboxylic acids is 1. The van der Waals surface area contributed by atoms with Crippen LogP contribution in [0.15, 0.2) is 32.8 Å². The lowest BCUT2D eigenvalue weighted by Gasteiger charge is -2.49. The Bertz CT molecular complexity index is 1750. The van der Waals surface area contributed by atoms with Crippen LogP contribution in [0.25, 0.3) is 0 Å². The second kappa shape index (κ2) is 12.7. The van der Waals surface area contributed by atoms with Gasteiger partial charge in [0.15, 0.2) is 11.2 Å². The van der Waals surface area contributed by atoms with E-state index in [1.807, 2.05) is 13.8 Å². The molecule has 45 heavy (non-hydrogen) atoms. The van der Waals surface area contributed by atoms with Crippen LogP contribution in [0.4, 0.5) is 21.6 Å². The van der Waals surface area contributed by atoms with Gasteiger partial charge < -0.3 is 27.2 Å². The van der Waals surface area contributed by atoms with Crippen LogP contribution in [0.3, 0.4) is 0 Å². The molecule has 1 fully saturated rings. The lowest BCUT2D eigenvalue weighted by Crippen LogP contribution is -2.71. The molecule has 1 unspecified atom stereocenters. The first-order chi connectivity index (χ1) is 21.4. The number of H-pyrrole nitrogens is 1. The largest absolute Gasteiger partial charge is 0.477 e. The molecule has 4 amide bonds. The summed E-state index contributed by atoms with van der Waals surface area (Å²) in [5.41, 5.74) is 10.6. The summed E-state index contributed by atoms with van der Waals surface area (Å²) in [5.74, 6) is -2.29. The van der Waals surface area contributed by atoms with Crippen molar-refractivity contribution in [3.63, 3.8) is 0 Å². The minimum absolute atomic E-state index is 0.0128. The van der Waals surface area contributed by atoms with Gasteiger partial charge >= 0.3 is 12.0 Å². The minimum atomic E-state index is -1.63. The van der Waals surface area contributed by atoms with Crippen LogP contribution in [-0.2, 0) is 21.4 Å². The van der Waals surface area contributed by atoms with Gasteiger partial charge in [0.2, 0.25) is 17.0 Å². The first-order valence-corrected chi connectivity index (χ1v) is 16.0. The normalized spacial score (nSPS) is 18.3. The van der Waals surface area contributed by atoms with Crippen molar-refractivity contribution in [2.45, 2.75) is 42.5 Å². The van der Waals surface area contributed by atoms with Gasteiger partial charge in [-0.3, -0.25) is 29.2 Å². The van der Waals surface area contributed by atoms with Crippen molar-refractivity contribution in [1.82, 2.24) is 45.4 Å². The Morgan fingerprint density at radius 3 is 2.64 bits per heavy atom. The van der Waals surface area contributed by atoms with E-state index in [0.717, 1.165) is 22.4 Å². The number of fused-ring (bicyclic) bond motifs is 1. The highest BCUT2D eigenvalue weighted by Gasteiger charge is 2.55. The van der Waals surface area contributed by atoms with Crippen molar-refractivity contribution in [3.8, 4) is 0 Å². The van der Waals surface area contributed by atoms with E-state index in [0.29, 0.717) is 15.6 Å². The number of nitrogens with zero attached hydrogens (tertiary/aromatic N) is 8. The average Bonchev–Trinajstić information content (AvgIpc) is 3.59.